The number of aliphatic hydroxyl groups is 1. The maximum Gasteiger partial charge on any atom is 0.0736 e. The van der Waals surface area contributed by atoms with Crippen molar-refractivity contribution in [1.82, 2.24) is 4.90 Å². The smallest absolute Gasteiger partial charge is 0.0736 e. The molecule has 0 saturated carbocycles. The van der Waals surface area contributed by atoms with Gasteiger partial charge >= 0.3 is 0 Å². The Morgan fingerprint density at radius 2 is 2.29 bits per heavy atom. The van der Waals surface area contributed by atoms with E-state index in [0.717, 1.165) is 0 Å². The number of likely N-dealkylation sites (N-methyl/N-ethyl adjacent to an activating group) is 1. The van der Waals surface area contributed by atoms with Crippen LogP contribution < -0.4 is 0 Å². The van der Waals surface area contributed by atoms with Crippen LogP contribution in [-0.4, -0.2) is 36.2 Å². The fourth-order valence-electron chi connectivity index (χ4n) is 0.230. The summed E-state index contributed by atoms with van der Waals surface area (Å²) in [5.74, 6) is 0. The van der Waals surface area contributed by atoms with Crippen molar-refractivity contribution in [3.05, 3.63) is 0 Å². The molecule has 3 heteroatoms. The molecule has 0 aliphatic rings. The van der Waals surface area contributed by atoms with Gasteiger partial charge in [0.2, 0.25) is 0 Å². The van der Waals surface area contributed by atoms with Gasteiger partial charge in [0.15, 0.2) is 0 Å². The lowest BCUT2D eigenvalue weighted by Crippen LogP contribution is -2.19. The average Bonchev–Trinajstić information content (AvgIpc) is 1.68. The van der Waals surface area contributed by atoms with Gasteiger partial charge < -0.3 is 5.11 Å². The predicted octanol–water partition coefficient (Wildman–Crippen LogP) is 0.107. The molecule has 7 heavy (non-hydrogen) atoms. The number of rotatable bonds is 3. The Bertz CT molecular complexity index is 42.7. The Morgan fingerprint density at radius 1 is 1.71 bits per heavy atom. The third-order valence-electron chi connectivity index (χ3n) is 0.686. The maximum absolute atomic E-state index is 8.27. The second-order valence-electron chi connectivity index (χ2n) is 1.42. The van der Waals surface area contributed by atoms with Crippen LogP contribution in [0.5, 0.6) is 0 Å². The van der Waals surface area contributed by atoms with E-state index in [0.29, 0.717) is 12.5 Å². The van der Waals surface area contributed by atoms with Crippen LogP contribution in [0.1, 0.15) is 0 Å². The van der Waals surface area contributed by atoms with E-state index in [1.54, 1.807) is 0 Å². The van der Waals surface area contributed by atoms with Crippen LogP contribution in [-0.2, 0) is 0 Å². The Balaban J connectivity index is 2.83. The van der Waals surface area contributed by atoms with Crippen LogP contribution in [0.2, 0.25) is 0 Å². The van der Waals surface area contributed by atoms with Crippen molar-refractivity contribution >= 4 is 11.6 Å². The normalized spacial score (nSPS) is 10.3. The van der Waals surface area contributed by atoms with Gasteiger partial charge in [-0.25, -0.2) is 0 Å². The number of halogens is 1. The SMILES string of the molecule is CN(CCl)CCO. The van der Waals surface area contributed by atoms with Crippen LogP contribution in [0.4, 0.5) is 0 Å². The van der Waals surface area contributed by atoms with Gasteiger partial charge in [-0.3, -0.25) is 4.90 Å². The molecule has 0 aliphatic carbocycles. The molecule has 44 valence electrons. The van der Waals surface area contributed by atoms with Gasteiger partial charge in [-0.1, -0.05) is 0 Å². The molecule has 0 radical (unpaired) electrons. The summed E-state index contributed by atoms with van der Waals surface area (Å²) in [7, 11) is 1.85. The maximum atomic E-state index is 8.27. The summed E-state index contributed by atoms with van der Waals surface area (Å²) in [5.41, 5.74) is 0. The highest BCUT2D eigenvalue weighted by molar-refractivity contribution is 6.17. The van der Waals surface area contributed by atoms with E-state index in [9.17, 15) is 0 Å². The van der Waals surface area contributed by atoms with Crippen LogP contribution >= 0.6 is 11.6 Å². The molecule has 0 aromatic carbocycles. The number of nitrogens with zero attached hydrogens (tertiary/aromatic N) is 1. The van der Waals surface area contributed by atoms with Crippen molar-refractivity contribution in [2.24, 2.45) is 0 Å². The standard InChI is InChI=1S/C4H10ClNO/c1-6(4-5)2-3-7/h7H,2-4H2,1H3. The first-order valence-corrected chi connectivity index (χ1v) is 2.70. The molecule has 0 saturated heterocycles. The highest BCUT2D eigenvalue weighted by Gasteiger charge is 1.88. The Morgan fingerprint density at radius 3 is 2.43 bits per heavy atom. The molecule has 0 aromatic heterocycles. The highest BCUT2D eigenvalue weighted by atomic mass is 35.5. The molecule has 0 heterocycles. The van der Waals surface area contributed by atoms with Crippen molar-refractivity contribution < 1.29 is 5.11 Å². The third-order valence-corrected chi connectivity index (χ3v) is 1.09. The monoisotopic (exact) mass is 123 g/mol. The largest absolute Gasteiger partial charge is 0.395 e. The summed E-state index contributed by atoms with van der Waals surface area (Å²) in [6.45, 7) is 0.840. The van der Waals surface area contributed by atoms with Gasteiger partial charge in [-0.15, -0.1) is 11.6 Å². The summed E-state index contributed by atoms with van der Waals surface area (Å²) in [6.07, 6.45) is 0. The first kappa shape index (κ1) is 7.21. The van der Waals surface area contributed by atoms with Gasteiger partial charge in [0.05, 0.1) is 12.6 Å². The van der Waals surface area contributed by atoms with E-state index in [1.165, 1.54) is 0 Å². The molecule has 0 unspecified atom stereocenters. The van der Waals surface area contributed by atoms with E-state index in [1.807, 2.05) is 11.9 Å². The summed E-state index contributed by atoms with van der Waals surface area (Å²) >= 11 is 5.35. The molecular weight excluding hydrogens is 114 g/mol. The van der Waals surface area contributed by atoms with Crippen molar-refractivity contribution in [3.8, 4) is 0 Å². The van der Waals surface area contributed by atoms with Crippen molar-refractivity contribution in [1.29, 1.82) is 0 Å². The molecule has 0 atom stereocenters. The quantitative estimate of drug-likeness (QED) is 0.425. The van der Waals surface area contributed by atoms with Crippen LogP contribution in [0.25, 0.3) is 0 Å². The molecule has 0 fully saturated rings. The molecule has 0 rings (SSSR count). The fraction of sp³-hybridized carbons (Fsp3) is 1.00. The summed E-state index contributed by atoms with van der Waals surface area (Å²) in [5, 5.41) is 8.27. The molecular formula is C4H10ClNO. The lowest BCUT2D eigenvalue weighted by atomic mass is 10.6. The zero-order valence-electron chi connectivity index (χ0n) is 4.39. The number of aliphatic hydroxyl groups excluding tert-OH is 1. The van der Waals surface area contributed by atoms with Crippen molar-refractivity contribution in [2.75, 3.05) is 26.2 Å². The number of hydrogen-bond acceptors (Lipinski definition) is 2. The summed E-state index contributed by atoms with van der Waals surface area (Å²) in [6, 6.07) is 0.487. The van der Waals surface area contributed by atoms with Crippen molar-refractivity contribution in [3.63, 3.8) is 0 Å². The van der Waals surface area contributed by atoms with Gasteiger partial charge in [0.25, 0.3) is 0 Å². The number of hydrogen-bond donors (Lipinski definition) is 1. The first-order valence-electron chi connectivity index (χ1n) is 2.16. The van der Waals surface area contributed by atoms with E-state index in [-0.39, 0.29) is 6.61 Å². The van der Waals surface area contributed by atoms with Crippen LogP contribution in [0, 0.1) is 0 Å². The minimum absolute atomic E-state index is 0.184. The summed E-state index contributed by atoms with van der Waals surface area (Å²) in [4.78, 5) is 1.82. The molecule has 0 aromatic rings. The molecule has 0 bridgehead atoms. The van der Waals surface area contributed by atoms with Crippen LogP contribution in [0.15, 0.2) is 0 Å². The molecule has 2 nitrogen and oxygen atoms in total. The second-order valence-corrected chi connectivity index (χ2v) is 1.66. The van der Waals surface area contributed by atoms with Gasteiger partial charge in [-0.05, 0) is 7.05 Å². The van der Waals surface area contributed by atoms with Crippen LogP contribution in [0.3, 0.4) is 0 Å². The lowest BCUT2D eigenvalue weighted by Gasteiger charge is -2.07. The average molecular weight is 124 g/mol. The molecule has 0 amide bonds. The highest BCUT2D eigenvalue weighted by Crippen LogP contribution is 1.81. The predicted molar refractivity (Wildman–Crippen MR) is 30.4 cm³/mol. The zero-order valence-corrected chi connectivity index (χ0v) is 5.15. The Hall–Kier alpha value is 0.210. The van der Waals surface area contributed by atoms with Crippen molar-refractivity contribution in [2.45, 2.75) is 0 Å². The Labute approximate surface area is 48.7 Å². The number of alkyl halides is 1. The molecule has 1 N–H and O–H groups in total. The second kappa shape index (κ2) is 4.37. The topological polar surface area (TPSA) is 23.5 Å². The minimum atomic E-state index is 0.184. The van der Waals surface area contributed by atoms with E-state index in [2.05, 4.69) is 0 Å². The summed E-state index contributed by atoms with van der Waals surface area (Å²) < 4.78 is 0. The van der Waals surface area contributed by atoms with E-state index >= 15 is 0 Å². The zero-order chi connectivity index (χ0) is 5.70. The Kier molecular flexibility index (Phi) is 4.50. The van der Waals surface area contributed by atoms with E-state index < -0.39 is 0 Å². The first-order chi connectivity index (χ1) is 3.31. The molecule has 0 spiro atoms. The van der Waals surface area contributed by atoms with Gasteiger partial charge in [0.1, 0.15) is 0 Å². The lowest BCUT2D eigenvalue weighted by molar-refractivity contribution is 0.237. The minimum Gasteiger partial charge on any atom is -0.395 e. The molecule has 0 aliphatic heterocycles. The fourth-order valence-corrected chi connectivity index (χ4v) is 0.350. The van der Waals surface area contributed by atoms with Gasteiger partial charge in [0, 0.05) is 6.54 Å². The van der Waals surface area contributed by atoms with Gasteiger partial charge in [-0.2, -0.15) is 0 Å². The van der Waals surface area contributed by atoms with E-state index in [4.69, 9.17) is 16.7 Å². The third kappa shape index (κ3) is 4.05.